The van der Waals surface area contributed by atoms with Crippen LogP contribution in [0.25, 0.3) is 0 Å². The molecule has 0 fully saturated rings. The Hall–Kier alpha value is -0.710. The van der Waals surface area contributed by atoms with E-state index in [9.17, 15) is 0 Å². The molecule has 1 aromatic rings. The zero-order valence-corrected chi connectivity index (χ0v) is 12.7. The van der Waals surface area contributed by atoms with Gasteiger partial charge in [0.25, 0.3) is 0 Å². The lowest BCUT2D eigenvalue weighted by atomic mass is 10.3. The summed E-state index contributed by atoms with van der Waals surface area (Å²) in [6.07, 6.45) is 0. The summed E-state index contributed by atoms with van der Waals surface area (Å²) in [5, 5.41) is 7.20. The third-order valence-corrected chi connectivity index (χ3v) is 3.38. The predicted molar refractivity (Wildman–Crippen MR) is 80.1 cm³/mol. The normalized spacial score (nSPS) is 11.1. The third kappa shape index (κ3) is 4.19. The van der Waals surface area contributed by atoms with Crippen molar-refractivity contribution in [1.29, 1.82) is 0 Å². The number of anilines is 2. The van der Waals surface area contributed by atoms with E-state index in [1.54, 1.807) is 13.1 Å². The molecule has 1 heterocycles. The Balaban J connectivity index is 2.62. The number of aromatic nitrogens is 1. The molecule has 0 radical (unpaired) electrons. The van der Waals surface area contributed by atoms with Gasteiger partial charge in [-0.25, -0.2) is 4.98 Å². The van der Waals surface area contributed by atoms with Crippen LogP contribution in [0, 0.1) is 0 Å². The SMILES string of the molecule is CNc1nc(NCCN(C)C(C)C)c(Cl)cc1Cl. The van der Waals surface area contributed by atoms with Crippen molar-refractivity contribution < 1.29 is 0 Å². The highest BCUT2D eigenvalue weighted by atomic mass is 35.5. The van der Waals surface area contributed by atoms with Crippen molar-refractivity contribution in [3.63, 3.8) is 0 Å². The Morgan fingerprint density at radius 2 is 1.89 bits per heavy atom. The number of hydrogen-bond donors (Lipinski definition) is 2. The molecule has 0 aliphatic carbocycles. The first-order chi connectivity index (χ1) is 8.45. The van der Waals surface area contributed by atoms with Crippen LogP contribution in [0.15, 0.2) is 6.07 Å². The Bertz CT molecular complexity index is 396. The maximum absolute atomic E-state index is 6.09. The van der Waals surface area contributed by atoms with Gasteiger partial charge < -0.3 is 15.5 Å². The Labute approximate surface area is 119 Å². The molecule has 2 N–H and O–H groups in total. The van der Waals surface area contributed by atoms with Crippen molar-refractivity contribution >= 4 is 34.8 Å². The second-order valence-electron chi connectivity index (χ2n) is 4.40. The number of halogens is 2. The van der Waals surface area contributed by atoms with E-state index in [0.717, 1.165) is 13.1 Å². The zero-order valence-electron chi connectivity index (χ0n) is 11.2. The number of rotatable bonds is 6. The molecule has 0 bridgehead atoms. The van der Waals surface area contributed by atoms with Crippen LogP contribution in [0.3, 0.4) is 0 Å². The molecule has 0 aliphatic heterocycles. The minimum atomic E-state index is 0.521. The highest BCUT2D eigenvalue weighted by molar-refractivity contribution is 6.37. The van der Waals surface area contributed by atoms with Crippen LogP contribution in [0.1, 0.15) is 13.8 Å². The van der Waals surface area contributed by atoms with Gasteiger partial charge in [-0.05, 0) is 27.0 Å². The molecular weight excluding hydrogens is 271 g/mol. The predicted octanol–water partition coefficient (Wildman–Crippen LogP) is 3.18. The molecule has 0 saturated carbocycles. The topological polar surface area (TPSA) is 40.2 Å². The molecule has 1 aromatic heterocycles. The van der Waals surface area contributed by atoms with Crippen LogP contribution < -0.4 is 10.6 Å². The average Bonchev–Trinajstić information content (AvgIpc) is 2.31. The molecule has 6 heteroatoms. The molecule has 18 heavy (non-hydrogen) atoms. The molecule has 0 aromatic carbocycles. The van der Waals surface area contributed by atoms with E-state index in [0.29, 0.717) is 27.7 Å². The second kappa shape index (κ2) is 7.02. The van der Waals surface area contributed by atoms with Crippen molar-refractivity contribution in [2.75, 3.05) is 37.8 Å². The van der Waals surface area contributed by atoms with Crippen molar-refractivity contribution in [3.05, 3.63) is 16.1 Å². The third-order valence-electron chi connectivity index (χ3n) is 2.80. The number of hydrogen-bond acceptors (Lipinski definition) is 4. The largest absolute Gasteiger partial charge is 0.372 e. The minimum Gasteiger partial charge on any atom is -0.372 e. The highest BCUT2D eigenvalue weighted by Crippen LogP contribution is 2.28. The van der Waals surface area contributed by atoms with Crippen LogP contribution >= 0.6 is 23.2 Å². The molecule has 102 valence electrons. The molecule has 0 saturated heterocycles. The number of likely N-dealkylation sites (N-methyl/N-ethyl adjacent to an activating group) is 1. The van der Waals surface area contributed by atoms with Gasteiger partial charge in [0.1, 0.15) is 11.6 Å². The van der Waals surface area contributed by atoms with Crippen molar-refractivity contribution in [1.82, 2.24) is 9.88 Å². The van der Waals surface area contributed by atoms with Gasteiger partial charge >= 0.3 is 0 Å². The molecule has 4 nitrogen and oxygen atoms in total. The highest BCUT2D eigenvalue weighted by Gasteiger charge is 2.08. The van der Waals surface area contributed by atoms with Gasteiger partial charge in [-0.1, -0.05) is 23.2 Å². The molecule has 0 spiro atoms. The maximum Gasteiger partial charge on any atom is 0.147 e. The lowest BCUT2D eigenvalue weighted by molar-refractivity contribution is 0.284. The summed E-state index contributed by atoms with van der Waals surface area (Å²) in [5.41, 5.74) is 0. The van der Waals surface area contributed by atoms with E-state index in [2.05, 4.69) is 41.4 Å². The summed E-state index contributed by atoms with van der Waals surface area (Å²) in [6, 6.07) is 2.21. The first-order valence-corrected chi connectivity index (χ1v) is 6.69. The second-order valence-corrected chi connectivity index (χ2v) is 5.21. The number of pyridine rings is 1. The van der Waals surface area contributed by atoms with Crippen LogP contribution in [-0.4, -0.2) is 43.1 Å². The fourth-order valence-electron chi connectivity index (χ4n) is 1.37. The van der Waals surface area contributed by atoms with E-state index in [-0.39, 0.29) is 0 Å². The lowest BCUT2D eigenvalue weighted by Crippen LogP contribution is -2.31. The van der Waals surface area contributed by atoms with Gasteiger partial charge in [0, 0.05) is 26.2 Å². The van der Waals surface area contributed by atoms with Gasteiger partial charge in [-0.15, -0.1) is 0 Å². The molecule has 1 rings (SSSR count). The zero-order chi connectivity index (χ0) is 13.7. The van der Waals surface area contributed by atoms with Crippen LogP contribution in [0.2, 0.25) is 10.0 Å². The van der Waals surface area contributed by atoms with Gasteiger partial charge in [0.2, 0.25) is 0 Å². The van der Waals surface area contributed by atoms with Crippen molar-refractivity contribution in [3.8, 4) is 0 Å². The van der Waals surface area contributed by atoms with E-state index >= 15 is 0 Å². The number of nitrogens with one attached hydrogen (secondary N) is 2. The standard InChI is InChI=1S/C12H20Cl2N4/c1-8(2)18(4)6-5-16-12-10(14)7-9(13)11(15-3)17-12/h7-8H,5-6H2,1-4H3,(H2,15,16,17). The summed E-state index contributed by atoms with van der Waals surface area (Å²) in [6.45, 7) is 6.03. The fraction of sp³-hybridized carbons (Fsp3) is 0.583. The van der Waals surface area contributed by atoms with E-state index < -0.39 is 0 Å². The molecular formula is C12H20Cl2N4. The van der Waals surface area contributed by atoms with Gasteiger partial charge in [0.05, 0.1) is 10.0 Å². The van der Waals surface area contributed by atoms with Gasteiger partial charge in [-0.2, -0.15) is 0 Å². The summed E-state index contributed by atoms with van der Waals surface area (Å²) in [4.78, 5) is 6.57. The molecule has 0 amide bonds. The Morgan fingerprint density at radius 3 is 2.44 bits per heavy atom. The van der Waals surface area contributed by atoms with Crippen molar-refractivity contribution in [2.45, 2.75) is 19.9 Å². The van der Waals surface area contributed by atoms with Crippen LogP contribution in [-0.2, 0) is 0 Å². The van der Waals surface area contributed by atoms with Crippen LogP contribution in [0.5, 0.6) is 0 Å². The van der Waals surface area contributed by atoms with E-state index in [4.69, 9.17) is 23.2 Å². The summed E-state index contributed by atoms with van der Waals surface area (Å²) in [7, 11) is 3.86. The first kappa shape index (κ1) is 15.3. The summed E-state index contributed by atoms with van der Waals surface area (Å²) in [5.74, 6) is 1.28. The Morgan fingerprint density at radius 1 is 1.28 bits per heavy atom. The molecule has 0 unspecified atom stereocenters. The minimum absolute atomic E-state index is 0.521. The lowest BCUT2D eigenvalue weighted by Gasteiger charge is -2.21. The summed E-state index contributed by atoms with van der Waals surface area (Å²) < 4.78 is 0. The molecule has 0 aliphatic rings. The first-order valence-electron chi connectivity index (χ1n) is 5.93. The average molecular weight is 291 g/mol. The summed E-state index contributed by atoms with van der Waals surface area (Å²) >= 11 is 12.1. The van der Waals surface area contributed by atoms with Crippen molar-refractivity contribution in [2.24, 2.45) is 0 Å². The smallest absolute Gasteiger partial charge is 0.147 e. The number of nitrogens with zero attached hydrogens (tertiary/aromatic N) is 2. The maximum atomic E-state index is 6.09. The fourth-order valence-corrected chi connectivity index (χ4v) is 1.89. The van der Waals surface area contributed by atoms with E-state index in [1.807, 2.05) is 0 Å². The molecule has 0 atom stereocenters. The Kier molecular flexibility index (Phi) is 5.99. The van der Waals surface area contributed by atoms with E-state index in [1.165, 1.54) is 0 Å². The van der Waals surface area contributed by atoms with Gasteiger partial charge in [-0.3, -0.25) is 0 Å². The van der Waals surface area contributed by atoms with Gasteiger partial charge in [0.15, 0.2) is 0 Å². The monoisotopic (exact) mass is 290 g/mol. The van der Waals surface area contributed by atoms with Crippen LogP contribution in [0.4, 0.5) is 11.6 Å². The quantitative estimate of drug-likeness (QED) is 0.844.